The molecule has 0 aliphatic rings. The van der Waals surface area contributed by atoms with Crippen LogP contribution in [0.4, 0.5) is 5.69 Å². The molecular formula is C8H8N2O. The van der Waals surface area contributed by atoms with Crippen molar-refractivity contribution < 1.29 is 4.79 Å². The fourth-order valence-electron chi connectivity index (χ4n) is 0.781. The quantitative estimate of drug-likeness (QED) is 0.472. The summed E-state index contributed by atoms with van der Waals surface area (Å²) < 4.78 is 0. The minimum Gasteiger partial charge on any atom is -0.262 e. The van der Waals surface area contributed by atoms with Crippen LogP contribution in [0.1, 0.15) is 12.5 Å². The lowest BCUT2D eigenvalue weighted by Crippen LogP contribution is -1.80. The summed E-state index contributed by atoms with van der Waals surface area (Å²) >= 11 is 0. The molecule has 1 rings (SSSR count). The number of aliphatic imine (C=N–C) groups is 1. The van der Waals surface area contributed by atoms with Gasteiger partial charge in [0.15, 0.2) is 0 Å². The van der Waals surface area contributed by atoms with Gasteiger partial charge < -0.3 is 0 Å². The maximum Gasteiger partial charge on any atom is 0.240 e. The van der Waals surface area contributed by atoms with Gasteiger partial charge in [-0.2, -0.15) is 4.99 Å². The summed E-state index contributed by atoms with van der Waals surface area (Å²) in [5.41, 5.74) is 1.64. The molecule has 1 heterocycles. The fraction of sp³-hybridized carbons (Fsp3) is 0.250. The molecule has 0 N–H and O–H groups in total. The van der Waals surface area contributed by atoms with Gasteiger partial charge in [-0.15, -0.1) is 0 Å². The Morgan fingerprint density at radius 2 is 2.45 bits per heavy atom. The van der Waals surface area contributed by atoms with E-state index in [1.807, 2.05) is 13.0 Å². The van der Waals surface area contributed by atoms with Gasteiger partial charge in [-0.05, 0) is 18.1 Å². The van der Waals surface area contributed by atoms with Crippen molar-refractivity contribution >= 4 is 11.8 Å². The van der Waals surface area contributed by atoms with E-state index in [0.717, 1.165) is 12.0 Å². The molecule has 0 aromatic carbocycles. The molecule has 0 spiro atoms. The van der Waals surface area contributed by atoms with Gasteiger partial charge in [0.1, 0.15) is 0 Å². The van der Waals surface area contributed by atoms with Crippen LogP contribution in [0.5, 0.6) is 0 Å². The van der Waals surface area contributed by atoms with Crippen LogP contribution < -0.4 is 0 Å². The third-order valence-corrected chi connectivity index (χ3v) is 1.36. The highest BCUT2D eigenvalue weighted by atomic mass is 16.1. The lowest BCUT2D eigenvalue weighted by Gasteiger charge is -1.93. The third kappa shape index (κ3) is 1.99. The molecule has 0 fully saturated rings. The zero-order chi connectivity index (χ0) is 8.10. The van der Waals surface area contributed by atoms with E-state index in [9.17, 15) is 4.79 Å². The molecular weight excluding hydrogens is 140 g/mol. The molecule has 0 atom stereocenters. The first-order valence-electron chi connectivity index (χ1n) is 3.38. The number of nitrogens with zero attached hydrogens (tertiary/aromatic N) is 2. The van der Waals surface area contributed by atoms with Crippen molar-refractivity contribution in [1.82, 2.24) is 4.98 Å². The van der Waals surface area contributed by atoms with Crippen molar-refractivity contribution in [2.75, 3.05) is 0 Å². The summed E-state index contributed by atoms with van der Waals surface area (Å²) in [5, 5.41) is 0. The fourth-order valence-corrected chi connectivity index (χ4v) is 0.781. The number of rotatable bonds is 2. The van der Waals surface area contributed by atoms with E-state index >= 15 is 0 Å². The van der Waals surface area contributed by atoms with Gasteiger partial charge >= 0.3 is 0 Å². The number of aromatic nitrogens is 1. The Morgan fingerprint density at radius 3 is 3.09 bits per heavy atom. The summed E-state index contributed by atoms with van der Waals surface area (Å²) in [7, 11) is 0. The first-order valence-corrected chi connectivity index (χ1v) is 3.38. The van der Waals surface area contributed by atoms with Crippen molar-refractivity contribution in [3.8, 4) is 0 Å². The minimum absolute atomic E-state index is 0.569. The molecule has 11 heavy (non-hydrogen) atoms. The first-order chi connectivity index (χ1) is 5.36. The highest BCUT2D eigenvalue weighted by Gasteiger charge is 1.91. The van der Waals surface area contributed by atoms with E-state index in [4.69, 9.17) is 0 Å². The van der Waals surface area contributed by atoms with E-state index in [1.54, 1.807) is 6.20 Å². The summed E-state index contributed by atoms with van der Waals surface area (Å²) in [5.74, 6) is 0. The van der Waals surface area contributed by atoms with Crippen LogP contribution in [0.2, 0.25) is 0 Å². The second kappa shape index (κ2) is 3.64. The molecule has 0 radical (unpaired) electrons. The Labute approximate surface area is 64.8 Å². The average molecular weight is 148 g/mol. The molecule has 56 valence electrons. The minimum atomic E-state index is 0.569. The van der Waals surface area contributed by atoms with Crippen LogP contribution in [0.25, 0.3) is 0 Å². The molecule has 0 unspecified atom stereocenters. The average Bonchev–Trinajstić information content (AvgIpc) is 2.06. The van der Waals surface area contributed by atoms with Crippen molar-refractivity contribution in [2.45, 2.75) is 13.3 Å². The van der Waals surface area contributed by atoms with Gasteiger partial charge in [0.25, 0.3) is 0 Å². The number of hydrogen-bond acceptors (Lipinski definition) is 3. The van der Waals surface area contributed by atoms with E-state index in [2.05, 4.69) is 9.98 Å². The normalized spacial score (nSPS) is 8.82. The van der Waals surface area contributed by atoms with Gasteiger partial charge in [0.05, 0.1) is 11.9 Å². The summed E-state index contributed by atoms with van der Waals surface area (Å²) in [6.45, 7) is 2.02. The number of carbonyl (C=O) groups excluding carboxylic acids is 1. The molecule has 3 nitrogen and oxygen atoms in total. The molecule has 0 aliphatic carbocycles. The standard InChI is InChI=1S/C8H8N2O/c1-2-7-3-8(10-6-11)5-9-4-7/h3-5H,2H2,1H3. The van der Waals surface area contributed by atoms with Crippen molar-refractivity contribution in [1.29, 1.82) is 0 Å². The Bertz CT molecular complexity index is 290. The van der Waals surface area contributed by atoms with E-state index < -0.39 is 0 Å². The van der Waals surface area contributed by atoms with Crippen LogP contribution in [-0.2, 0) is 11.2 Å². The predicted octanol–water partition coefficient (Wildman–Crippen LogP) is 1.61. The highest BCUT2D eigenvalue weighted by molar-refractivity contribution is 5.48. The first kappa shape index (κ1) is 7.63. The van der Waals surface area contributed by atoms with E-state index in [0.29, 0.717) is 5.69 Å². The topological polar surface area (TPSA) is 42.3 Å². The smallest absolute Gasteiger partial charge is 0.240 e. The van der Waals surface area contributed by atoms with E-state index in [-0.39, 0.29) is 0 Å². The number of hydrogen-bond donors (Lipinski definition) is 0. The number of isocyanates is 1. The summed E-state index contributed by atoms with van der Waals surface area (Å²) in [6, 6.07) is 1.82. The summed E-state index contributed by atoms with van der Waals surface area (Å²) in [4.78, 5) is 17.2. The SMILES string of the molecule is CCc1cncc(N=C=O)c1. The predicted molar refractivity (Wildman–Crippen MR) is 41.4 cm³/mol. The third-order valence-electron chi connectivity index (χ3n) is 1.36. The molecule has 0 saturated heterocycles. The number of aryl methyl sites for hydroxylation is 1. The second-order valence-electron chi connectivity index (χ2n) is 2.11. The van der Waals surface area contributed by atoms with Crippen LogP contribution in [-0.4, -0.2) is 11.1 Å². The van der Waals surface area contributed by atoms with Gasteiger partial charge in [-0.3, -0.25) is 4.98 Å². The van der Waals surface area contributed by atoms with Gasteiger partial charge in [-0.25, -0.2) is 4.79 Å². The zero-order valence-electron chi connectivity index (χ0n) is 6.24. The van der Waals surface area contributed by atoms with E-state index in [1.165, 1.54) is 12.3 Å². The molecule has 0 amide bonds. The van der Waals surface area contributed by atoms with Gasteiger partial charge in [0.2, 0.25) is 6.08 Å². The van der Waals surface area contributed by atoms with Gasteiger partial charge in [0, 0.05) is 6.20 Å². The monoisotopic (exact) mass is 148 g/mol. The Hall–Kier alpha value is -1.47. The highest BCUT2D eigenvalue weighted by Crippen LogP contribution is 2.10. The van der Waals surface area contributed by atoms with Crippen molar-refractivity contribution in [3.05, 3.63) is 24.0 Å². The lowest BCUT2D eigenvalue weighted by molar-refractivity contribution is 0.565. The summed E-state index contributed by atoms with van der Waals surface area (Å²) in [6.07, 6.45) is 5.65. The molecule has 0 saturated carbocycles. The Balaban J connectivity index is 3.00. The molecule has 0 bridgehead atoms. The molecule has 3 heteroatoms. The number of pyridine rings is 1. The second-order valence-corrected chi connectivity index (χ2v) is 2.11. The van der Waals surface area contributed by atoms with Crippen molar-refractivity contribution in [3.63, 3.8) is 0 Å². The molecule has 0 aliphatic heterocycles. The Morgan fingerprint density at radius 1 is 1.64 bits per heavy atom. The molecule has 1 aromatic rings. The largest absolute Gasteiger partial charge is 0.262 e. The van der Waals surface area contributed by atoms with Crippen LogP contribution in [0.3, 0.4) is 0 Å². The Kier molecular flexibility index (Phi) is 2.53. The molecule has 1 aromatic heterocycles. The lowest BCUT2D eigenvalue weighted by atomic mass is 10.2. The van der Waals surface area contributed by atoms with Crippen LogP contribution >= 0.6 is 0 Å². The van der Waals surface area contributed by atoms with Crippen LogP contribution in [0, 0.1) is 0 Å². The van der Waals surface area contributed by atoms with Gasteiger partial charge in [-0.1, -0.05) is 6.92 Å². The zero-order valence-corrected chi connectivity index (χ0v) is 6.24. The van der Waals surface area contributed by atoms with Crippen LogP contribution in [0.15, 0.2) is 23.5 Å². The maximum atomic E-state index is 9.85. The maximum absolute atomic E-state index is 9.85. The van der Waals surface area contributed by atoms with Crippen molar-refractivity contribution in [2.24, 2.45) is 4.99 Å².